The summed E-state index contributed by atoms with van der Waals surface area (Å²) >= 11 is 1.40. The fraction of sp³-hybridized carbons (Fsp3) is 0.429. The van der Waals surface area contributed by atoms with Gasteiger partial charge in [-0.05, 0) is 18.5 Å². The Labute approximate surface area is 69.3 Å². The Morgan fingerprint density at radius 3 is 3.18 bits per heavy atom. The molecule has 0 spiro atoms. The molecule has 0 radical (unpaired) electrons. The van der Waals surface area contributed by atoms with E-state index in [4.69, 9.17) is 0 Å². The van der Waals surface area contributed by atoms with E-state index in [1.54, 1.807) is 5.51 Å². The van der Waals surface area contributed by atoms with Gasteiger partial charge in [0.2, 0.25) is 0 Å². The van der Waals surface area contributed by atoms with E-state index in [2.05, 4.69) is 27.7 Å². The highest BCUT2D eigenvalue weighted by Gasteiger charge is 2.13. The molecule has 0 aromatic carbocycles. The van der Waals surface area contributed by atoms with E-state index < -0.39 is 0 Å². The van der Waals surface area contributed by atoms with Crippen LogP contribution in [-0.2, 0) is 0 Å². The van der Waals surface area contributed by atoms with E-state index in [1.165, 1.54) is 17.1 Å². The number of aromatic nitrogens is 2. The minimum absolute atomic E-state index is 0.466. The molecular weight excluding hydrogens is 158 g/mol. The highest BCUT2D eigenvalue weighted by Crippen LogP contribution is 2.14. The Hall–Kier alpha value is -0.740. The van der Waals surface area contributed by atoms with Crippen LogP contribution in [0.2, 0.25) is 0 Å². The van der Waals surface area contributed by atoms with Crippen molar-refractivity contribution in [2.75, 3.05) is 6.54 Å². The van der Waals surface area contributed by atoms with Gasteiger partial charge in [0.15, 0.2) is 5.82 Å². The average molecular weight is 167 g/mol. The number of nitrogens with one attached hydrogen (secondary N) is 1. The number of rotatable bonds is 1. The van der Waals surface area contributed by atoms with E-state index in [-0.39, 0.29) is 0 Å². The van der Waals surface area contributed by atoms with Gasteiger partial charge < -0.3 is 5.32 Å². The van der Waals surface area contributed by atoms with Crippen LogP contribution in [0, 0.1) is 0 Å². The van der Waals surface area contributed by atoms with Crippen LogP contribution in [0.15, 0.2) is 11.6 Å². The van der Waals surface area contributed by atoms with Gasteiger partial charge in [0, 0.05) is 18.2 Å². The Morgan fingerprint density at radius 1 is 1.73 bits per heavy atom. The topological polar surface area (TPSA) is 37.8 Å². The average Bonchev–Trinajstić information content (AvgIpc) is 2.55. The van der Waals surface area contributed by atoms with Crippen molar-refractivity contribution in [1.29, 1.82) is 0 Å². The molecule has 1 aliphatic rings. The van der Waals surface area contributed by atoms with Gasteiger partial charge in [-0.15, -0.1) is 0 Å². The summed E-state index contributed by atoms with van der Waals surface area (Å²) in [6.07, 6.45) is 2.17. The predicted octanol–water partition coefficient (Wildman–Crippen LogP) is 0.913. The van der Waals surface area contributed by atoms with Crippen LogP contribution >= 0.6 is 11.5 Å². The lowest BCUT2D eigenvalue weighted by Crippen LogP contribution is -2.17. The number of nitrogens with zero attached hydrogens (tertiary/aromatic N) is 2. The normalized spacial score (nSPS) is 23.7. The highest BCUT2D eigenvalue weighted by molar-refractivity contribution is 7.03. The molecule has 1 aromatic heterocycles. The summed E-state index contributed by atoms with van der Waals surface area (Å²) in [6.45, 7) is 3.03. The first-order valence-electron chi connectivity index (χ1n) is 3.57. The van der Waals surface area contributed by atoms with Crippen LogP contribution in [0.5, 0.6) is 0 Å². The lowest BCUT2D eigenvalue weighted by Gasteiger charge is -1.95. The summed E-state index contributed by atoms with van der Waals surface area (Å²) in [5, 5.41) is 3.29. The lowest BCUT2D eigenvalue weighted by atomic mass is 10.2. The third-order valence-electron chi connectivity index (χ3n) is 1.71. The molecule has 1 aromatic rings. The molecule has 1 unspecified atom stereocenters. The SMILES string of the molecule is CC1C=C(c2ncsn2)CN1. The van der Waals surface area contributed by atoms with E-state index in [9.17, 15) is 0 Å². The monoisotopic (exact) mass is 167 g/mol. The Kier molecular flexibility index (Phi) is 1.71. The number of hydrogen-bond donors (Lipinski definition) is 1. The maximum Gasteiger partial charge on any atom is 0.169 e. The van der Waals surface area contributed by atoms with Crippen molar-refractivity contribution in [2.45, 2.75) is 13.0 Å². The van der Waals surface area contributed by atoms with E-state index in [1.807, 2.05) is 0 Å². The smallest absolute Gasteiger partial charge is 0.169 e. The van der Waals surface area contributed by atoms with Crippen LogP contribution in [0.1, 0.15) is 12.7 Å². The molecule has 1 atom stereocenters. The molecule has 0 bridgehead atoms. The van der Waals surface area contributed by atoms with Crippen molar-refractivity contribution in [2.24, 2.45) is 0 Å². The summed E-state index contributed by atoms with van der Waals surface area (Å²) in [4.78, 5) is 4.13. The standard InChI is InChI=1S/C7H9N3S/c1-5-2-6(3-8-5)7-9-4-11-10-7/h2,4-5,8H,3H2,1H3. The fourth-order valence-corrected chi connectivity index (χ4v) is 1.61. The second-order valence-electron chi connectivity index (χ2n) is 2.62. The van der Waals surface area contributed by atoms with E-state index >= 15 is 0 Å². The van der Waals surface area contributed by atoms with Crippen molar-refractivity contribution in [3.63, 3.8) is 0 Å². The molecular formula is C7H9N3S. The molecule has 2 heterocycles. The first-order chi connectivity index (χ1) is 5.36. The van der Waals surface area contributed by atoms with Gasteiger partial charge in [-0.25, -0.2) is 4.98 Å². The third kappa shape index (κ3) is 1.32. The maximum atomic E-state index is 4.15. The van der Waals surface area contributed by atoms with Gasteiger partial charge in [-0.3, -0.25) is 0 Å². The first-order valence-corrected chi connectivity index (χ1v) is 4.41. The Bertz CT molecular complexity index is 265. The van der Waals surface area contributed by atoms with Gasteiger partial charge in [-0.2, -0.15) is 4.37 Å². The zero-order chi connectivity index (χ0) is 7.68. The molecule has 0 amide bonds. The molecule has 2 rings (SSSR count). The van der Waals surface area contributed by atoms with Gasteiger partial charge in [0.25, 0.3) is 0 Å². The quantitative estimate of drug-likeness (QED) is 0.675. The second kappa shape index (κ2) is 2.71. The lowest BCUT2D eigenvalue weighted by molar-refractivity contribution is 0.727. The minimum Gasteiger partial charge on any atom is -0.307 e. The number of hydrogen-bond acceptors (Lipinski definition) is 4. The highest BCUT2D eigenvalue weighted by atomic mass is 32.1. The minimum atomic E-state index is 0.466. The first kappa shape index (κ1) is 6.94. The van der Waals surface area contributed by atoms with Crippen molar-refractivity contribution in [1.82, 2.24) is 14.7 Å². The van der Waals surface area contributed by atoms with Gasteiger partial charge >= 0.3 is 0 Å². The van der Waals surface area contributed by atoms with Crippen molar-refractivity contribution >= 4 is 17.1 Å². The zero-order valence-electron chi connectivity index (χ0n) is 6.24. The summed E-state index contributed by atoms with van der Waals surface area (Å²) in [5.74, 6) is 0.881. The molecule has 4 heteroatoms. The summed E-state index contributed by atoms with van der Waals surface area (Å²) in [7, 11) is 0. The van der Waals surface area contributed by atoms with Crippen molar-refractivity contribution in [3.05, 3.63) is 17.4 Å². The molecule has 0 saturated heterocycles. The summed E-state index contributed by atoms with van der Waals surface area (Å²) in [5.41, 5.74) is 2.98. The predicted molar refractivity (Wildman–Crippen MR) is 45.4 cm³/mol. The van der Waals surface area contributed by atoms with Gasteiger partial charge in [-0.1, -0.05) is 6.08 Å². The van der Waals surface area contributed by atoms with Crippen molar-refractivity contribution in [3.8, 4) is 0 Å². The molecule has 0 saturated carbocycles. The van der Waals surface area contributed by atoms with Crippen LogP contribution in [0.3, 0.4) is 0 Å². The molecule has 58 valence electrons. The Morgan fingerprint density at radius 2 is 2.64 bits per heavy atom. The van der Waals surface area contributed by atoms with Gasteiger partial charge in [0.1, 0.15) is 5.51 Å². The summed E-state index contributed by atoms with van der Waals surface area (Å²) in [6, 6.07) is 0.466. The van der Waals surface area contributed by atoms with E-state index in [0.717, 1.165) is 12.4 Å². The maximum absolute atomic E-state index is 4.15. The fourth-order valence-electron chi connectivity index (χ4n) is 1.16. The van der Waals surface area contributed by atoms with Crippen LogP contribution in [0.25, 0.3) is 5.57 Å². The Balaban J connectivity index is 2.25. The molecule has 0 aliphatic carbocycles. The molecule has 1 aliphatic heterocycles. The van der Waals surface area contributed by atoms with Crippen LogP contribution in [0.4, 0.5) is 0 Å². The van der Waals surface area contributed by atoms with E-state index in [0.29, 0.717) is 6.04 Å². The molecule has 1 N–H and O–H groups in total. The van der Waals surface area contributed by atoms with Crippen molar-refractivity contribution < 1.29 is 0 Å². The van der Waals surface area contributed by atoms with Crippen LogP contribution < -0.4 is 5.32 Å². The third-order valence-corrected chi connectivity index (χ3v) is 2.19. The largest absolute Gasteiger partial charge is 0.307 e. The second-order valence-corrected chi connectivity index (χ2v) is 3.22. The molecule has 0 fully saturated rings. The summed E-state index contributed by atoms with van der Waals surface area (Å²) < 4.78 is 4.15. The van der Waals surface area contributed by atoms with Gasteiger partial charge in [0.05, 0.1) is 0 Å². The zero-order valence-corrected chi connectivity index (χ0v) is 7.06. The molecule has 11 heavy (non-hydrogen) atoms. The van der Waals surface area contributed by atoms with Crippen LogP contribution in [-0.4, -0.2) is 21.9 Å². The molecule has 3 nitrogen and oxygen atoms in total.